The molecule has 0 aliphatic heterocycles. The van der Waals surface area contributed by atoms with Gasteiger partial charge in [0.2, 0.25) is 0 Å². The summed E-state index contributed by atoms with van der Waals surface area (Å²) in [5.74, 6) is 4.79. The van der Waals surface area contributed by atoms with Gasteiger partial charge in [-0.25, -0.2) is 0 Å². The van der Waals surface area contributed by atoms with Crippen molar-refractivity contribution in [1.82, 2.24) is 9.88 Å². The Balaban J connectivity index is 1.79. The van der Waals surface area contributed by atoms with Gasteiger partial charge in [0.25, 0.3) is 0 Å². The molecule has 0 unspecified atom stereocenters. The summed E-state index contributed by atoms with van der Waals surface area (Å²) >= 11 is 0. The Hall–Kier alpha value is -3.24. The summed E-state index contributed by atoms with van der Waals surface area (Å²) in [6.45, 7) is 3.44. The first-order valence-corrected chi connectivity index (χ1v) is 9.09. The second-order valence-electron chi connectivity index (χ2n) is 6.48. The number of amides is 1. The van der Waals surface area contributed by atoms with Crippen LogP contribution in [0.25, 0.3) is 10.9 Å². The number of fused-ring (bicyclic) bond motifs is 1. The highest BCUT2D eigenvalue weighted by atomic mass is 19.4. The maximum atomic E-state index is 12.6. The Morgan fingerprint density at radius 1 is 1.10 bits per heavy atom. The predicted octanol–water partition coefficient (Wildman–Crippen LogP) is 4.39. The van der Waals surface area contributed by atoms with Crippen LogP contribution in [0.2, 0.25) is 0 Å². The third-order valence-electron chi connectivity index (χ3n) is 4.44. The number of aromatic nitrogens is 1. The van der Waals surface area contributed by atoms with Crippen molar-refractivity contribution in [2.24, 2.45) is 0 Å². The van der Waals surface area contributed by atoms with E-state index < -0.39 is 17.6 Å². The van der Waals surface area contributed by atoms with Gasteiger partial charge < -0.3 is 15.2 Å². The molecule has 0 radical (unpaired) electrons. The molecule has 0 saturated carbocycles. The molecule has 0 aliphatic carbocycles. The van der Waals surface area contributed by atoms with E-state index in [1.807, 2.05) is 36.7 Å². The molecule has 0 atom stereocenters. The first-order chi connectivity index (χ1) is 13.8. The Labute approximate surface area is 166 Å². The Bertz CT molecular complexity index is 1090. The molecule has 0 fully saturated rings. The highest BCUT2D eigenvalue weighted by Gasteiger charge is 2.29. The van der Waals surface area contributed by atoms with Crippen LogP contribution in [-0.2, 0) is 24.1 Å². The Morgan fingerprint density at radius 3 is 2.45 bits per heavy atom. The van der Waals surface area contributed by atoms with Gasteiger partial charge in [0.05, 0.1) is 11.3 Å². The van der Waals surface area contributed by atoms with Crippen LogP contribution >= 0.6 is 0 Å². The molecule has 2 aromatic carbocycles. The number of rotatable bonds is 4. The highest BCUT2D eigenvalue weighted by Crippen LogP contribution is 2.29. The lowest BCUT2D eigenvalue weighted by Gasteiger charge is -2.07. The SMILES string of the molecule is CCn1c(C#CC(=O)Nc2ccc(C(F)(F)F)cc2)cc2cc(CNC)ccc21. The summed E-state index contributed by atoms with van der Waals surface area (Å²) < 4.78 is 39.8. The van der Waals surface area contributed by atoms with Crippen LogP contribution in [0.1, 0.15) is 23.7 Å². The number of benzene rings is 2. The molecule has 0 bridgehead atoms. The van der Waals surface area contributed by atoms with Crippen molar-refractivity contribution >= 4 is 22.5 Å². The highest BCUT2D eigenvalue weighted by molar-refractivity contribution is 6.04. The van der Waals surface area contributed by atoms with E-state index in [4.69, 9.17) is 0 Å². The van der Waals surface area contributed by atoms with E-state index in [0.29, 0.717) is 12.2 Å². The molecule has 1 amide bonds. The maximum Gasteiger partial charge on any atom is 0.416 e. The van der Waals surface area contributed by atoms with Crippen molar-refractivity contribution < 1.29 is 18.0 Å². The van der Waals surface area contributed by atoms with Gasteiger partial charge in [-0.1, -0.05) is 6.07 Å². The summed E-state index contributed by atoms with van der Waals surface area (Å²) in [5.41, 5.74) is 2.36. The molecular formula is C22H20F3N3O. The van der Waals surface area contributed by atoms with Crippen molar-refractivity contribution in [3.05, 3.63) is 65.4 Å². The number of hydrogen-bond donors (Lipinski definition) is 2. The number of alkyl halides is 3. The minimum absolute atomic E-state index is 0.255. The van der Waals surface area contributed by atoms with Gasteiger partial charge >= 0.3 is 12.1 Å². The number of aryl methyl sites for hydroxylation is 1. The molecule has 4 nitrogen and oxygen atoms in total. The fraction of sp³-hybridized carbons (Fsp3) is 0.227. The number of nitrogens with one attached hydrogen (secondary N) is 2. The van der Waals surface area contributed by atoms with Crippen LogP contribution in [-0.4, -0.2) is 17.5 Å². The third-order valence-corrected chi connectivity index (χ3v) is 4.44. The van der Waals surface area contributed by atoms with E-state index >= 15 is 0 Å². The summed E-state index contributed by atoms with van der Waals surface area (Å²) in [6.07, 6.45) is -4.41. The van der Waals surface area contributed by atoms with Gasteiger partial charge in [0.1, 0.15) is 0 Å². The number of carbonyl (C=O) groups excluding carboxylic acids is 1. The summed E-state index contributed by atoms with van der Waals surface area (Å²) in [7, 11) is 1.88. The van der Waals surface area contributed by atoms with Crippen LogP contribution in [0.15, 0.2) is 48.5 Å². The molecule has 7 heteroatoms. The zero-order valence-electron chi connectivity index (χ0n) is 16.0. The van der Waals surface area contributed by atoms with Crippen LogP contribution < -0.4 is 10.6 Å². The van der Waals surface area contributed by atoms with Gasteiger partial charge in [-0.15, -0.1) is 0 Å². The minimum Gasteiger partial charge on any atom is -0.334 e. The maximum absolute atomic E-state index is 12.6. The molecule has 3 aromatic rings. The molecule has 0 spiro atoms. The fourth-order valence-electron chi connectivity index (χ4n) is 3.10. The summed E-state index contributed by atoms with van der Waals surface area (Å²) in [5, 5.41) is 6.63. The van der Waals surface area contributed by atoms with Crippen molar-refractivity contribution in [3.8, 4) is 11.8 Å². The van der Waals surface area contributed by atoms with Crippen LogP contribution in [0.3, 0.4) is 0 Å². The molecule has 3 rings (SSSR count). The molecule has 1 heterocycles. The summed E-state index contributed by atoms with van der Waals surface area (Å²) in [6, 6.07) is 12.3. The molecule has 150 valence electrons. The largest absolute Gasteiger partial charge is 0.416 e. The summed E-state index contributed by atoms with van der Waals surface area (Å²) in [4.78, 5) is 12.1. The van der Waals surface area contributed by atoms with E-state index in [9.17, 15) is 18.0 Å². The monoisotopic (exact) mass is 399 g/mol. The van der Waals surface area contributed by atoms with E-state index in [0.717, 1.165) is 35.1 Å². The Morgan fingerprint density at radius 2 is 1.83 bits per heavy atom. The quantitative estimate of drug-likeness (QED) is 0.640. The van der Waals surface area contributed by atoms with Crippen LogP contribution in [0, 0.1) is 11.8 Å². The molecule has 0 saturated heterocycles. The van der Waals surface area contributed by atoms with Crippen molar-refractivity contribution in [2.45, 2.75) is 26.2 Å². The van der Waals surface area contributed by atoms with E-state index in [1.54, 1.807) is 0 Å². The molecule has 0 aliphatic rings. The second-order valence-corrected chi connectivity index (χ2v) is 6.48. The zero-order chi connectivity index (χ0) is 21.0. The smallest absolute Gasteiger partial charge is 0.334 e. The standard InChI is InChI=1S/C22H20F3N3O/c1-3-28-19(13-16-12-15(14-26-2)4-10-20(16)28)9-11-21(29)27-18-7-5-17(6-8-18)22(23,24)25/h4-8,10,12-13,26H,3,14H2,1-2H3,(H,27,29). The number of carbonyl (C=O) groups is 1. The normalized spacial score (nSPS) is 11.2. The predicted molar refractivity (Wildman–Crippen MR) is 107 cm³/mol. The Kier molecular flexibility index (Phi) is 5.95. The lowest BCUT2D eigenvalue weighted by Crippen LogP contribution is -2.10. The third kappa shape index (κ3) is 4.79. The lowest BCUT2D eigenvalue weighted by molar-refractivity contribution is -0.137. The molecule has 2 N–H and O–H groups in total. The average Bonchev–Trinajstić information content (AvgIpc) is 3.03. The number of hydrogen-bond acceptors (Lipinski definition) is 2. The van der Waals surface area contributed by atoms with Gasteiger partial charge in [0, 0.05) is 35.6 Å². The first-order valence-electron chi connectivity index (χ1n) is 9.09. The van der Waals surface area contributed by atoms with Crippen LogP contribution in [0.4, 0.5) is 18.9 Å². The minimum atomic E-state index is -4.41. The first kappa shape index (κ1) is 20.5. The van der Waals surface area contributed by atoms with Gasteiger partial charge in [-0.05, 0) is 67.9 Å². The van der Waals surface area contributed by atoms with Crippen molar-refractivity contribution in [3.63, 3.8) is 0 Å². The molecule has 29 heavy (non-hydrogen) atoms. The molecule has 1 aromatic heterocycles. The van der Waals surface area contributed by atoms with E-state index in [-0.39, 0.29) is 5.69 Å². The number of halogens is 3. The molecular weight excluding hydrogens is 379 g/mol. The number of anilines is 1. The zero-order valence-corrected chi connectivity index (χ0v) is 16.0. The van der Waals surface area contributed by atoms with Crippen molar-refractivity contribution in [2.75, 3.05) is 12.4 Å². The average molecular weight is 399 g/mol. The van der Waals surface area contributed by atoms with Gasteiger partial charge in [-0.3, -0.25) is 4.79 Å². The second kappa shape index (κ2) is 8.41. The van der Waals surface area contributed by atoms with E-state index in [2.05, 4.69) is 28.5 Å². The topological polar surface area (TPSA) is 46.1 Å². The number of nitrogens with zero attached hydrogens (tertiary/aromatic N) is 1. The fourth-order valence-corrected chi connectivity index (χ4v) is 3.10. The van der Waals surface area contributed by atoms with Crippen molar-refractivity contribution in [1.29, 1.82) is 0 Å². The van der Waals surface area contributed by atoms with Gasteiger partial charge in [-0.2, -0.15) is 13.2 Å². The van der Waals surface area contributed by atoms with Gasteiger partial charge in [0.15, 0.2) is 0 Å². The van der Waals surface area contributed by atoms with E-state index in [1.165, 1.54) is 12.1 Å². The lowest BCUT2D eigenvalue weighted by atomic mass is 10.1. The van der Waals surface area contributed by atoms with Crippen LogP contribution in [0.5, 0.6) is 0 Å².